The number of nitrogens with zero attached hydrogens (tertiary/aromatic N) is 1. The molecule has 0 bridgehead atoms. The topological polar surface area (TPSA) is 59.1 Å². The van der Waals surface area contributed by atoms with E-state index in [0.29, 0.717) is 12.3 Å². The maximum atomic E-state index is 12.6. The second-order valence-corrected chi connectivity index (χ2v) is 6.60. The minimum atomic E-state index is -0.180. The number of rotatable bonds is 5. The number of carbonyl (C=O) groups excluding carboxylic acids is 1. The van der Waals surface area contributed by atoms with Crippen molar-refractivity contribution in [3.8, 4) is 5.75 Å². The molecule has 4 rings (SSSR count). The van der Waals surface area contributed by atoms with Gasteiger partial charge < -0.3 is 9.72 Å². The van der Waals surface area contributed by atoms with Gasteiger partial charge in [0.2, 0.25) is 0 Å². The standard InChI is InChI=1S/C22H21N3O2/c1-15-8-9-16(2)25(15)24-22(26)21-13-18-12-19(10-11-20(18)23-21)27-14-17-6-4-3-5-7-17/h3-13,23H,14H2,1-2H3,(H,24,26). The summed E-state index contributed by atoms with van der Waals surface area (Å²) in [5.41, 5.74) is 7.40. The van der Waals surface area contributed by atoms with Gasteiger partial charge in [-0.05, 0) is 55.8 Å². The van der Waals surface area contributed by atoms with E-state index >= 15 is 0 Å². The van der Waals surface area contributed by atoms with Crippen LogP contribution >= 0.6 is 0 Å². The van der Waals surface area contributed by atoms with Crippen LogP contribution in [0.25, 0.3) is 10.9 Å². The monoisotopic (exact) mass is 359 g/mol. The quantitative estimate of drug-likeness (QED) is 0.549. The number of nitrogens with one attached hydrogen (secondary N) is 2. The summed E-state index contributed by atoms with van der Waals surface area (Å²) in [6, 6.07) is 21.6. The van der Waals surface area contributed by atoms with Crippen LogP contribution in [0, 0.1) is 13.8 Å². The smallest absolute Gasteiger partial charge is 0.286 e. The predicted octanol–water partition coefficient (Wildman–Crippen LogP) is 4.55. The third kappa shape index (κ3) is 3.58. The second-order valence-electron chi connectivity index (χ2n) is 6.60. The molecular weight excluding hydrogens is 338 g/mol. The van der Waals surface area contributed by atoms with Crippen molar-refractivity contribution >= 4 is 16.8 Å². The Morgan fingerprint density at radius 2 is 1.74 bits per heavy atom. The zero-order chi connectivity index (χ0) is 18.8. The van der Waals surface area contributed by atoms with E-state index in [-0.39, 0.29) is 5.91 Å². The van der Waals surface area contributed by atoms with Crippen LogP contribution in [-0.2, 0) is 6.61 Å². The number of carbonyl (C=O) groups is 1. The maximum Gasteiger partial charge on any atom is 0.286 e. The molecule has 2 aromatic carbocycles. The lowest BCUT2D eigenvalue weighted by Gasteiger charge is -2.10. The molecule has 4 aromatic rings. The molecule has 0 fully saturated rings. The van der Waals surface area contributed by atoms with E-state index in [9.17, 15) is 4.79 Å². The van der Waals surface area contributed by atoms with Crippen LogP contribution in [0.15, 0.2) is 66.7 Å². The lowest BCUT2D eigenvalue weighted by Crippen LogP contribution is -2.24. The molecule has 136 valence electrons. The Bertz CT molecular complexity index is 1070. The highest BCUT2D eigenvalue weighted by molar-refractivity contribution is 6.02. The van der Waals surface area contributed by atoms with E-state index < -0.39 is 0 Å². The zero-order valence-electron chi connectivity index (χ0n) is 15.3. The number of H-pyrrole nitrogens is 1. The molecule has 2 heterocycles. The molecule has 0 unspecified atom stereocenters. The van der Waals surface area contributed by atoms with E-state index in [1.54, 1.807) is 4.68 Å². The second kappa shape index (κ2) is 7.03. The zero-order valence-corrected chi connectivity index (χ0v) is 15.3. The number of ether oxygens (including phenoxy) is 1. The molecule has 5 nitrogen and oxygen atoms in total. The molecule has 5 heteroatoms. The highest BCUT2D eigenvalue weighted by Crippen LogP contribution is 2.23. The van der Waals surface area contributed by atoms with Gasteiger partial charge in [-0.1, -0.05) is 30.3 Å². The van der Waals surface area contributed by atoms with Gasteiger partial charge in [0.15, 0.2) is 0 Å². The van der Waals surface area contributed by atoms with Crippen LogP contribution in [0.3, 0.4) is 0 Å². The van der Waals surface area contributed by atoms with Gasteiger partial charge in [-0.2, -0.15) is 0 Å². The summed E-state index contributed by atoms with van der Waals surface area (Å²) in [6.45, 7) is 4.42. The van der Waals surface area contributed by atoms with E-state index in [0.717, 1.165) is 33.6 Å². The van der Waals surface area contributed by atoms with E-state index in [1.165, 1.54) is 0 Å². The summed E-state index contributed by atoms with van der Waals surface area (Å²) in [4.78, 5) is 15.8. The Balaban J connectivity index is 1.51. The summed E-state index contributed by atoms with van der Waals surface area (Å²) < 4.78 is 7.65. The number of benzene rings is 2. The Hall–Kier alpha value is -3.47. The number of amides is 1. The van der Waals surface area contributed by atoms with Gasteiger partial charge in [0.05, 0.1) is 0 Å². The molecule has 2 aromatic heterocycles. The van der Waals surface area contributed by atoms with Crippen molar-refractivity contribution in [2.24, 2.45) is 0 Å². The number of fused-ring (bicyclic) bond motifs is 1. The Morgan fingerprint density at radius 3 is 2.48 bits per heavy atom. The Labute approximate surface area is 157 Å². The molecule has 0 saturated heterocycles. The van der Waals surface area contributed by atoms with Crippen molar-refractivity contribution in [3.05, 3.63) is 89.4 Å². The summed E-state index contributed by atoms with van der Waals surface area (Å²) in [5.74, 6) is 0.592. The molecule has 1 amide bonds. The first-order chi connectivity index (χ1) is 13.1. The minimum absolute atomic E-state index is 0.180. The third-order valence-electron chi connectivity index (χ3n) is 4.57. The average molecular weight is 359 g/mol. The van der Waals surface area contributed by atoms with E-state index in [2.05, 4.69) is 10.4 Å². The summed E-state index contributed by atoms with van der Waals surface area (Å²) >= 11 is 0. The number of hydrogen-bond donors (Lipinski definition) is 2. The van der Waals surface area contributed by atoms with Crippen molar-refractivity contribution < 1.29 is 9.53 Å². The first kappa shape index (κ1) is 17.0. The maximum absolute atomic E-state index is 12.6. The van der Waals surface area contributed by atoms with Gasteiger partial charge in [0.25, 0.3) is 5.91 Å². The lowest BCUT2D eigenvalue weighted by molar-refractivity contribution is 0.100. The number of hydrogen-bond acceptors (Lipinski definition) is 2. The molecule has 0 aliphatic carbocycles. The van der Waals surface area contributed by atoms with Crippen LogP contribution in [0.1, 0.15) is 27.4 Å². The summed E-state index contributed by atoms with van der Waals surface area (Å²) in [5, 5.41) is 0.937. The fourth-order valence-electron chi connectivity index (χ4n) is 3.07. The third-order valence-corrected chi connectivity index (χ3v) is 4.57. The van der Waals surface area contributed by atoms with Crippen molar-refractivity contribution in [1.82, 2.24) is 9.66 Å². The van der Waals surface area contributed by atoms with Crippen molar-refractivity contribution in [1.29, 1.82) is 0 Å². The van der Waals surface area contributed by atoms with Crippen molar-refractivity contribution in [2.45, 2.75) is 20.5 Å². The lowest BCUT2D eigenvalue weighted by atomic mass is 10.2. The number of aromatic amines is 1. The van der Waals surface area contributed by atoms with Crippen LogP contribution in [0.2, 0.25) is 0 Å². The van der Waals surface area contributed by atoms with Gasteiger partial charge >= 0.3 is 0 Å². The predicted molar refractivity (Wildman–Crippen MR) is 107 cm³/mol. The summed E-state index contributed by atoms with van der Waals surface area (Å²) in [7, 11) is 0. The van der Waals surface area contributed by atoms with E-state index in [4.69, 9.17) is 4.74 Å². The molecule has 27 heavy (non-hydrogen) atoms. The fraction of sp³-hybridized carbons (Fsp3) is 0.136. The Kier molecular flexibility index (Phi) is 4.42. The molecule has 0 spiro atoms. The highest BCUT2D eigenvalue weighted by atomic mass is 16.5. The molecule has 0 aliphatic rings. The SMILES string of the molecule is Cc1ccc(C)n1NC(=O)c1cc2cc(OCc3ccccc3)ccc2[nH]1. The molecule has 0 saturated carbocycles. The normalized spacial score (nSPS) is 10.9. The van der Waals surface area contributed by atoms with Crippen LogP contribution in [0.5, 0.6) is 5.75 Å². The van der Waals surface area contributed by atoms with Gasteiger partial charge in [0.1, 0.15) is 18.1 Å². The van der Waals surface area contributed by atoms with Crippen LogP contribution in [-0.4, -0.2) is 15.6 Å². The van der Waals surface area contributed by atoms with Crippen LogP contribution in [0.4, 0.5) is 0 Å². The van der Waals surface area contributed by atoms with Gasteiger partial charge in [-0.15, -0.1) is 0 Å². The Morgan fingerprint density at radius 1 is 1.00 bits per heavy atom. The molecular formula is C22H21N3O2. The molecule has 0 aliphatic heterocycles. The highest BCUT2D eigenvalue weighted by Gasteiger charge is 2.12. The van der Waals surface area contributed by atoms with Gasteiger partial charge in [-0.3, -0.25) is 14.9 Å². The molecule has 2 N–H and O–H groups in total. The minimum Gasteiger partial charge on any atom is -0.489 e. The van der Waals surface area contributed by atoms with Gasteiger partial charge in [0, 0.05) is 22.3 Å². The number of aromatic nitrogens is 2. The van der Waals surface area contributed by atoms with Gasteiger partial charge in [-0.25, -0.2) is 0 Å². The largest absolute Gasteiger partial charge is 0.489 e. The first-order valence-corrected chi connectivity index (χ1v) is 8.86. The molecule has 0 radical (unpaired) electrons. The van der Waals surface area contributed by atoms with Crippen LogP contribution < -0.4 is 10.2 Å². The summed E-state index contributed by atoms with van der Waals surface area (Å²) in [6.07, 6.45) is 0. The van der Waals surface area contributed by atoms with Crippen molar-refractivity contribution in [3.63, 3.8) is 0 Å². The van der Waals surface area contributed by atoms with E-state index in [1.807, 2.05) is 80.6 Å². The van der Waals surface area contributed by atoms with Crippen molar-refractivity contribution in [2.75, 3.05) is 5.43 Å². The fourth-order valence-corrected chi connectivity index (χ4v) is 3.07. The molecule has 0 atom stereocenters. The first-order valence-electron chi connectivity index (χ1n) is 8.86. The average Bonchev–Trinajstić information content (AvgIpc) is 3.25. The number of aryl methyl sites for hydroxylation is 2.